The molecule has 1 heterocycles. The number of hydrogen-bond acceptors (Lipinski definition) is 4. The molecule has 0 aliphatic carbocycles. The molecule has 0 aliphatic rings. The van der Waals surface area contributed by atoms with E-state index in [0.29, 0.717) is 20.8 Å². The van der Waals surface area contributed by atoms with Crippen LogP contribution in [0.3, 0.4) is 0 Å². The molecular weight excluding hydrogens is 388 g/mol. The van der Waals surface area contributed by atoms with Gasteiger partial charge in [-0.3, -0.25) is 4.79 Å². The van der Waals surface area contributed by atoms with Crippen molar-refractivity contribution in [3.8, 4) is 0 Å². The number of nitrogens with one attached hydrogen (secondary N) is 1. The van der Waals surface area contributed by atoms with E-state index in [-0.39, 0.29) is 9.90 Å². The van der Waals surface area contributed by atoms with E-state index in [9.17, 15) is 14.0 Å². The SMILES string of the molecule is O=C(COC(=O)c1sc2cc(F)ccc2c1Cl)Nc1ccccc1Cl. The van der Waals surface area contributed by atoms with E-state index in [2.05, 4.69) is 5.32 Å². The highest BCUT2D eigenvalue weighted by molar-refractivity contribution is 7.21. The predicted molar refractivity (Wildman–Crippen MR) is 97.2 cm³/mol. The fourth-order valence-electron chi connectivity index (χ4n) is 2.12. The first kappa shape index (κ1) is 17.7. The van der Waals surface area contributed by atoms with Crippen LogP contribution in [-0.4, -0.2) is 18.5 Å². The Morgan fingerprint density at radius 2 is 1.92 bits per heavy atom. The molecule has 2 aromatic carbocycles. The molecule has 3 aromatic rings. The third-order valence-electron chi connectivity index (χ3n) is 3.26. The first-order valence-electron chi connectivity index (χ1n) is 7.05. The lowest BCUT2D eigenvalue weighted by atomic mass is 10.2. The lowest BCUT2D eigenvalue weighted by molar-refractivity contribution is -0.119. The summed E-state index contributed by atoms with van der Waals surface area (Å²) in [6.07, 6.45) is 0. The Hall–Kier alpha value is -2.15. The monoisotopic (exact) mass is 397 g/mol. The van der Waals surface area contributed by atoms with Crippen LogP contribution in [0.1, 0.15) is 9.67 Å². The minimum absolute atomic E-state index is 0.118. The number of benzene rings is 2. The number of ether oxygens (including phenoxy) is 1. The highest BCUT2D eigenvalue weighted by Crippen LogP contribution is 2.36. The summed E-state index contributed by atoms with van der Waals surface area (Å²) in [5.41, 5.74) is 0.417. The second-order valence-corrected chi connectivity index (χ2v) is 6.83. The topological polar surface area (TPSA) is 55.4 Å². The van der Waals surface area contributed by atoms with Crippen molar-refractivity contribution in [3.05, 3.63) is 63.2 Å². The Morgan fingerprint density at radius 3 is 2.68 bits per heavy atom. The maximum atomic E-state index is 13.3. The molecule has 4 nitrogen and oxygen atoms in total. The molecule has 0 bridgehead atoms. The van der Waals surface area contributed by atoms with E-state index in [1.165, 1.54) is 18.2 Å². The summed E-state index contributed by atoms with van der Waals surface area (Å²) >= 11 is 13.1. The maximum Gasteiger partial charge on any atom is 0.350 e. The van der Waals surface area contributed by atoms with E-state index < -0.39 is 24.3 Å². The number of amides is 1. The van der Waals surface area contributed by atoms with Gasteiger partial charge in [0.2, 0.25) is 0 Å². The maximum absolute atomic E-state index is 13.3. The van der Waals surface area contributed by atoms with Crippen LogP contribution in [0.15, 0.2) is 42.5 Å². The Kier molecular flexibility index (Phi) is 5.22. The fourth-order valence-corrected chi connectivity index (χ4v) is 3.73. The van der Waals surface area contributed by atoms with Gasteiger partial charge in [-0.25, -0.2) is 9.18 Å². The Balaban J connectivity index is 1.67. The summed E-state index contributed by atoms with van der Waals surface area (Å²) in [4.78, 5) is 24.1. The van der Waals surface area contributed by atoms with Crippen molar-refractivity contribution in [3.63, 3.8) is 0 Å². The van der Waals surface area contributed by atoms with Crippen molar-refractivity contribution < 1.29 is 18.7 Å². The number of carbonyl (C=O) groups excluding carboxylic acids is 2. The summed E-state index contributed by atoms with van der Waals surface area (Å²) < 4.78 is 18.8. The Labute approximate surface area is 156 Å². The molecule has 0 saturated heterocycles. The van der Waals surface area contributed by atoms with Crippen LogP contribution in [0.4, 0.5) is 10.1 Å². The van der Waals surface area contributed by atoms with E-state index in [1.807, 2.05) is 0 Å². The highest BCUT2D eigenvalue weighted by atomic mass is 35.5. The highest BCUT2D eigenvalue weighted by Gasteiger charge is 2.20. The van der Waals surface area contributed by atoms with Gasteiger partial charge < -0.3 is 10.1 Å². The van der Waals surface area contributed by atoms with Crippen LogP contribution in [0, 0.1) is 5.82 Å². The molecule has 0 unspecified atom stereocenters. The van der Waals surface area contributed by atoms with Gasteiger partial charge in [0.05, 0.1) is 15.7 Å². The summed E-state index contributed by atoms with van der Waals surface area (Å²) in [5.74, 6) is -1.71. The number of fused-ring (bicyclic) bond motifs is 1. The lowest BCUT2D eigenvalue weighted by Crippen LogP contribution is -2.20. The van der Waals surface area contributed by atoms with Crippen LogP contribution in [-0.2, 0) is 9.53 Å². The average Bonchev–Trinajstić information content (AvgIpc) is 2.91. The minimum Gasteiger partial charge on any atom is -0.451 e. The molecule has 8 heteroatoms. The van der Waals surface area contributed by atoms with Gasteiger partial charge in [-0.15, -0.1) is 11.3 Å². The van der Waals surface area contributed by atoms with E-state index in [1.54, 1.807) is 24.3 Å². The molecule has 1 aromatic heterocycles. The van der Waals surface area contributed by atoms with Crippen molar-refractivity contribution >= 4 is 62.2 Å². The van der Waals surface area contributed by atoms with Crippen molar-refractivity contribution in [2.24, 2.45) is 0 Å². The van der Waals surface area contributed by atoms with Crippen LogP contribution in [0.5, 0.6) is 0 Å². The second kappa shape index (κ2) is 7.39. The summed E-state index contributed by atoms with van der Waals surface area (Å²) in [7, 11) is 0. The van der Waals surface area contributed by atoms with Crippen molar-refractivity contribution in [1.82, 2.24) is 0 Å². The first-order valence-corrected chi connectivity index (χ1v) is 8.62. The minimum atomic E-state index is -0.749. The summed E-state index contributed by atoms with van der Waals surface area (Å²) in [5, 5.41) is 3.64. The lowest BCUT2D eigenvalue weighted by Gasteiger charge is -2.07. The van der Waals surface area contributed by atoms with Crippen LogP contribution in [0.2, 0.25) is 10.0 Å². The van der Waals surface area contributed by atoms with Crippen LogP contribution in [0.25, 0.3) is 10.1 Å². The Bertz CT molecular complexity index is 974. The number of para-hydroxylation sites is 1. The van der Waals surface area contributed by atoms with E-state index in [4.69, 9.17) is 27.9 Å². The zero-order valence-corrected chi connectivity index (χ0v) is 14.8. The molecule has 1 amide bonds. The predicted octanol–water partition coefficient (Wildman–Crippen LogP) is 5.14. The third-order valence-corrected chi connectivity index (χ3v) is 5.23. The van der Waals surface area contributed by atoms with Gasteiger partial charge in [0.15, 0.2) is 6.61 Å². The summed E-state index contributed by atoms with van der Waals surface area (Å²) in [6, 6.07) is 10.7. The van der Waals surface area contributed by atoms with Gasteiger partial charge in [0.1, 0.15) is 10.7 Å². The summed E-state index contributed by atoms with van der Waals surface area (Å²) in [6.45, 7) is -0.497. The number of rotatable bonds is 4. The Morgan fingerprint density at radius 1 is 1.16 bits per heavy atom. The van der Waals surface area contributed by atoms with E-state index >= 15 is 0 Å². The molecule has 0 spiro atoms. The average molecular weight is 398 g/mol. The van der Waals surface area contributed by atoms with Gasteiger partial charge in [0.25, 0.3) is 5.91 Å². The smallest absolute Gasteiger partial charge is 0.350 e. The van der Waals surface area contributed by atoms with Gasteiger partial charge in [-0.05, 0) is 30.3 Å². The van der Waals surface area contributed by atoms with Gasteiger partial charge >= 0.3 is 5.97 Å². The van der Waals surface area contributed by atoms with Crippen molar-refractivity contribution in [2.75, 3.05) is 11.9 Å². The molecule has 25 heavy (non-hydrogen) atoms. The molecule has 0 atom stereocenters. The van der Waals surface area contributed by atoms with Gasteiger partial charge in [-0.2, -0.15) is 0 Å². The zero-order chi connectivity index (χ0) is 18.0. The standard InChI is InChI=1S/C17H10Cl2FNO3S/c18-11-3-1-2-4-12(11)21-14(22)8-24-17(23)16-15(19)10-6-5-9(20)7-13(10)25-16/h1-7H,8H2,(H,21,22). The van der Waals surface area contributed by atoms with Gasteiger partial charge in [-0.1, -0.05) is 35.3 Å². The molecule has 3 rings (SSSR count). The molecule has 0 saturated carbocycles. The normalized spacial score (nSPS) is 10.7. The second-order valence-electron chi connectivity index (χ2n) is 4.99. The first-order chi connectivity index (χ1) is 12.0. The third kappa shape index (κ3) is 3.92. The number of esters is 1. The van der Waals surface area contributed by atoms with Crippen molar-refractivity contribution in [2.45, 2.75) is 0 Å². The van der Waals surface area contributed by atoms with Crippen LogP contribution < -0.4 is 5.32 Å². The molecule has 1 N–H and O–H groups in total. The van der Waals surface area contributed by atoms with Crippen LogP contribution >= 0.6 is 34.5 Å². The molecule has 0 fully saturated rings. The fraction of sp³-hybridized carbons (Fsp3) is 0.0588. The number of halogens is 3. The largest absolute Gasteiger partial charge is 0.451 e. The number of thiophene rings is 1. The number of anilines is 1. The number of hydrogen-bond donors (Lipinski definition) is 1. The molecular formula is C17H10Cl2FNO3S. The number of carbonyl (C=O) groups is 2. The van der Waals surface area contributed by atoms with E-state index in [0.717, 1.165) is 11.3 Å². The molecule has 0 radical (unpaired) electrons. The molecule has 0 aliphatic heterocycles. The quantitative estimate of drug-likeness (QED) is 0.619. The molecule has 128 valence electrons. The van der Waals surface area contributed by atoms with Crippen molar-refractivity contribution in [1.29, 1.82) is 0 Å². The zero-order valence-electron chi connectivity index (χ0n) is 12.5. The van der Waals surface area contributed by atoms with Gasteiger partial charge in [0, 0.05) is 10.1 Å².